The third-order valence-corrected chi connectivity index (χ3v) is 4.78. The van der Waals surface area contributed by atoms with Crippen molar-refractivity contribution in [2.24, 2.45) is 0 Å². The highest BCUT2D eigenvalue weighted by Gasteiger charge is 2.44. The summed E-state index contributed by atoms with van der Waals surface area (Å²) >= 11 is 0. The van der Waals surface area contributed by atoms with Crippen LogP contribution in [0.25, 0.3) is 0 Å². The number of likely N-dealkylation sites (N-methyl/N-ethyl adjacent to an activating group) is 1. The van der Waals surface area contributed by atoms with Gasteiger partial charge < -0.3 is 4.90 Å². The highest BCUT2D eigenvalue weighted by atomic mass is 19.1. The van der Waals surface area contributed by atoms with Gasteiger partial charge in [-0.05, 0) is 25.0 Å². The van der Waals surface area contributed by atoms with E-state index in [2.05, 4.69) is 10.00 Å². The van der Waals surface area contributed by atoms with Gasteiger partial charge >= 0.3 is 0 Å². The van der Waals surface area contributed by atoms with Crippen LogP contribution in [0.2, 0.25) is 0 Å². The zero-order chi connectivity index (χ0) is 17.2. The first-order valence-electron chi connectivity index (χ1n) is 8.20. The van der Waals surface area contributed by atoms with Gasteiger partial charge in [0, 0.05) is 51.7 Å². The number of likely N-dealkylation sites (tertiary alicyclic amines) is 1. The predicted octanol–water partition coefficient (Wildman–Crippen LogP) is 2.10. The lowest BCUT2D eigenvalue weighted by Crippen LogP contribution is -2.54. The van der Waals surface area contributed by atoms with Crippen LogP contribution >= 0.6 is 0 Å². The summed E-state index contributed by atoms with van der Waals surface area (Å²) in [5.41, 5.74) is 0.0571. The minimum absolute atomic E-state index is 0.0664. The molecule has 1 aliphatic heterocycles. The lowest BCUT2D eigenvalue weighted by molar-refractivity contribution is -0.141. The number of nitrogens with zero attached hydrogens (tertiary/aromatic N) is 4. The molecule has 6 heteroatoms. The van der Waals surface area contributed by atoms with Crippen LogP contribution in [-0.2, 0) is 16.9 Å². The third kappa shape index (κ3) is 3.06. The largest absolute Gasteiger partial charge is 0.347 e. The molecule has 3 rings (SSSR count). The Morgan fingerprint density at radius 2 is 1.96 bits per heavy atom. The Balaban J connectivity index is 1.75. The van der Waals surface area contributed by atoms with E-state index in [1.807, 2.05) is 24.4 Å². The van der Waals surface area contributed by atoms with Gasteiger partial charge in [-0.3, -0.25) is 14.4 Å². The Hall–Kier alpha value is -2.21. The van der Waals surface area contributed by atoms with E-state index in [1.54, 1.807) is 35.9 Å². The summed E-state index contributed by atoms with van der Waals surface area (Å²) in [6, 6.07) is 8.70. The number of carbonyl (C=O) groups excluding carboxylic acids is 1. The maximum Gasteiger partial charge on any atom is 0.250 e. The molecular formula is C18H23FN4O. The first-order chi connectivity index (χ1) is 11.5. The number of hydrogen-bond donors (Lipinski definition) is 0. The summed E-state index contributed by atoms with van der Waals surface area (Å²) in [5, 5.41) is 4.33. The lowest BCUT2D eigenvalue weighted by Gasteiger charge is -2.42. The van der Waals surface area contributed by atoms with Gasteiger partial charge in [0.05, 0.1) is 0 Å². The molecule has 0 aliphatic carbocycles. The molecule has 2 aromatic rings. The molecule has 0 unspecified atom stereocenters. The summed E-state index contributed by atoms with van der Waals surface area (Å²) < 4.78 is 15.6. The molecule has 1 aromatic heterocycles. The maximum absolute atomic E-state index is 13.9. The van der Waals surface area contributed by atoms with Crippen molar-refractivity contribution < 1.29 is 9.18 Å². The number of hydrogen-bond acceptors (Lipinski definition) is 3. The fourth-order valence-electron chi connectivity index (χ4n) is 3.43. The third-order valence-electron chi connectivity index (χ3n) is 4.78. The molecule has 24 heavy (non-hydrogen) atoms. The van der Waals surface area contributed by atoms with Crippen molar-refractivity contribution in [3.05, 3.63) is 54.1 Å². The van der Waals surface area contributed by atoms with E-state index < -0.39 is 5.54 Å². The molecule has 128 valence electrons. The van der Waals surface area contributed by atoms with Gasteiger partial charge in [-0.2, -0.15) is 5.10 Å². The van der Waals surface area contributed by atoms with Crippen LogP contribution in [0.3, 0.4) is 0 Å². The van der Waals surface area contributed by atoms with Crippen molar-refractivity contribution in [1.82, 2.24) is 19.6 Å². The van der Waals surface area contributed by atoms with Crippen molar-refractivity contribution in [2.45, 2.75) is 24.9 Å². The Morgan fingerprint density at radius 3 is 2.54 bits per heavy atom. The van der Waals surface area contributed by atoms with Crippen molar-refractivity contribution in [3.8, 4) is 0 Å². The van der Waals surface area contributed by atoms with Gasteiger partial charge in [-0.1, -0.05) is 18.2 Å². The molecule has 1 saturated heterocycles. The quantitative estimate of drug-likeness (QED) is 0.862. The molecule has 0 spiro atoms. The van der Waals surface area contributed by atoms with Crippen LogP contribution < -0.4 is 0 Å². The molecular weight excluding hydrogens is 307 g/mol. The normalized spacial score (nSPS) is 17.6. The zero-order valence-electron chi connectivity index (χ0n) is 14.2. The van der Waals surface area contributed by atoms with Crippen LogP contribution in [0, 0.1) is 5.82 Å². The van der Waals surface area contributed by atoms with Crippen LogP contribution in [0.15, 0.2) is 42.7 Å². The molecule has 0 radical (unpaired) electrons. The standard InChI is InChI=1S/C18H23FN4O/c1-21(2)17(24)18(23-11-5-10-20-23)8-12-22(13-9-18)14-15-6-3-4-7-16(15)19/h3-7,10-11H,8-9,12-14H2,1-2H3. The van der Waals surface area contributed by atoms with E-state index in [-0.39, 0.29) is 11.7 Å². The lowest BCUT2D eigenvalue weighted by atomic mass is 9.86. The van der Waals surface area contributed by atoms with Gasteiger partial charge in [0.2, 0.25) is 5.91 Å². The van der Waals surface area contributed by atoms with E-state index in [0.29, 0.717) is 24.9 Å². The number of amides is 1. The summed E-state index contributed by atoms with van der Waals surface area (Å²) in [5.74, 6) is -0.109. The number of benzene rings is 1. The predicted molar refractivity (Wildman–Crippen MR) is 89.8 cm³/mol. The summed E-state index contributed by atoms with van der Waals surface area (Å²) in [6.45, 7) is 2.03. The first kappa shape index (κ1) is 16.6. The molecule has 1 aliphatic rings. The van der Waals surface area contributed by atoms with E-state index in [4.69, 9.17) is 0 Å². The smallest absolute Gasteiger partial charge is 0.250 e. The van der Waals surface area contributed by atoms with E-state index in [9.17, 15) is 9.18 Å². The fraction of sp³-hybridized carbons (Fsp3) is 0.444. The minimum atomic E-state index is -0.640. The highest BCUT2D eigenvalue weighted by Crippen LogP contribution is 2.32. The Labute approximate surface area is 141 Å². The number of aromatic nitrogens is 2. The van der Waals surface area contributed by atoms with E-state index in [0.717, 1.165) is 13.1 Å². The summed E-state index contributed by atoms with van der Waals surface area (Å²) in [6.07, 6.45) is 4.89. The second-order valence-corrected chi connectivity index (χ2v) is 6.55. The van der Waals surface area contributed by atoms with Crippen molar-refractivity contribution in [3.63, 3.8) is 0 Å². The van der Waals surface area contributed by atoms with E-state index in [1.165, 1.54) is 6.07 Å². The molecule has 0 saturated carbocycles. The Bertz CT molecular complexity index is 691. The number of rotatable bonds is 4. The Morgan fingerprint density at radius 1 is 1.25 bits per heavy atom. The topological polar surface area (TPSA) is 41.4 Å². The SMILES string of the molecule is CN(C)C(=O)C1(n2cccn2)CCN(Cc2ccccc2F)CC1. The summed E-state index contributed by atoms with van der Waals surface area (Å²) in [4.78, 5) is 16.7. The number of piperidine rings is 1. The fourth-order valence-corrected chi connectivity index (χ4v) is 3.43. The molecule has 1 aromatic carbocycles. The summed E-state index contributed by atoms with van der Waals surface area (Å²) in [7, 11) is 3.55. The first-order valence-corrected chi connectivity index (χ1v) is 8.20. The van der Waals surface area contributed by atoms with Gasteiger partial charge in [0.15, 0.2) is 0 Å². The monoisotopic (exact) mass is 330 g/mol. The second-order valence-electron chi connectivity index (χ2n) is 6.55. The van der Waals surface area contributed by atoms with Crippen LogP contribution in [0.5, 0.6) is 0 Å². The molecule has 1 fully saturated rings. The van der Waals surface area contributed by atoms with E-state index >= 15 is 0 Å². The molecule has 1 amide bonds. The number of halogens is 1. The molecule has 0 bridgehead atoms. The van der Waals surface area contributed by atoms with Gasteiger partial charge in [-0.15, -0.1) is 0 Å². The second kappa shape index (κ2) is 6.73. The van der Waals surface area contributed by atoms with Crippen LogP contribution in [0.1, 0.15) is 18.4 Å². The van der Waals surface area contributed by atoms with Crippen molar-refractivity contribution >= 4 is 5.91 Å². The highest BCUT2D eigenvalue weighted by molar-refractivity contribution is 5.84. The maximum atomic E-state index is 13.9. The van der Waals surface area contributed by atoms with Gasteiger partial charge in [0.1, 0.15) is 11.4 Å². The van der Waals surface area contributed by atoms with Gasteiger partial charge in [-0.25, -0.2) is 4.39 Å². The average molecular weight is 330 g/mol. The van der Waals surface area contributed by atoms with Gasteiger partial charge in [0.25, 0.3) is 0 Å². The zero-order valence-corrected chi connectivity index (χ0v) is 14.2. The molecule has 0 N–H and O–H groups in total. The Kier molecular flexibility index (Phi) is 4.66. The minimum Gasteiger partial charge on any atom is -0.347 e. The van der Waals surface area contributed by atoms with Crippen molar-refractivity contribution in [2.75, 3.05) is 27.2 Å². The van der Waals surface area contributed by atoms with Crippen LogP contribution in [-0.4, -0.2) is 52.7 Å². The van der Waals surface area contributed by atoms with Crippen molar-refractivity contribution in [1.29, 1.82) is 0 Å². The molecule has 5 nitrogen and oxygen atoms in total. The molecule has 0 atom stereocenters. The molecule has 2 heterocycles. The average Bonchev–Trinajstić information content (AvgIpc) is 3.12. The van der Waals surface area contributed by atoms with Crippen LogP contribution in [0.4, 0.5) is 4.39 Å². The number of carbonyl (C=O) groups is 1.